The first-order valence-electron chi connectivity index (χ1n) is 10.5. The first kappa shape index (κ1) is 19.3. The van der Waals surface area contributed by atoms with E-state index in [1.54, 1.807) is 17.0 Å². The number of carbonyl (C=O) groups excluding carboxylic acids is 2. The molecule has 2 aliphatic rings. The summed E-state index contributed by atoms with van der Waals surface area (Å²) in [5.74, 6) is 0.714. The molecule has 0 aromatic heterocycles. The lowest BCUT2D eigenvalue weighted by Crippen LogP contribution is -2.45. The van der Waals surface area contributed by atoms with Crippen LogP contribution < -0.4 is 15.6 Å². The van der Waals surface area contributed by atoms with Crippen molar-refractivity contribution in [1.82, 2.24) is 15.8 Å². The van der Waals surface area contributed by atoms with E-state index in [2.05, 4.69) is 23.0 Å². The third-order valence-electron chi connectivity index (χ3n) is 5.98. The molecular formula is C25H23N3O3. The highest BCUT2D eigenvalue weighted by atomic mass is 16.6. The van der Waals surface area contributed by atoms with Crippen LogP contribution in [-0.4, -0.2) is 30.0 Å². The van der Waals surface area contributed by atoms with E-state index in [0.717, 1.165) is 17.5 Å². The molecule has 1 fully saturated rings. The summed E-state index contributed by atoms with van der Waals surface area (Å²) in [5, 5.41) is 0. The molecule has 3 aromatic rings. The molecule has 6 heteroatoms. The fourth-order valence-electron chi connectivity index (χ4n) is 4.32. The standard InChI is InChI=1S/C25H23N3O3/c29-24-22-9-5-4-8-21(22)23(26-27-24)18-10-12-20(13-11-18)31-25(30)28-15-14-19(16-28)17-6-2-1-3-7-17/h1-13,19,23,26H,14-16H2,(H,27,29). The number of amides is 2. The van der Waals surface area contributed by atoms with Gasteiger partial charge in [0, 0.05) is 24.6 Å². The molecule has 6 nitrogen and oxygen atoms in total. The number of hydrazine groups is 1. The van der Waals surface area contributed by atoms with Crippen molar-refractivity contribution in [3.05, 3.63) is 101 Å². The number of benzene rings is 3. The third kappa shape index (κ3) is 3.90. The molecule has 2 atom stereocenters. The van der Waals surface area contributed by atoms with Gasteiger partial charge in [-0.25, -0.2) is 10.2 Å². The van der Waals surface area contributed by atoms with Crippen LogP contribution in [0.15, 0.2) is 78.9 Å². The van der Waals surface area contributed by atoms with Gasteiger partial charge in [0.15, 0.2) is 0 Å². The van der Waals surface area contributed by atoms with Gasteiger partial charge in [-0.15, -0.1) is 0 Å². The number of ether oxygens (including phenoxy) is 1. The molecule has 0 spiro atoms. The molecule has 0 aliphatic carbocycles. The van der Waals surface area contributed by atoms with Crippen molar-refractivity contribution in [3.63, 3.8) is 0 Å². The van der Waals surface area contributed by atoms with E-state index in [0.29, 0.717) is 30.3 Å². The number of fused-ring (bicyclic) bond motifs is 1. The molecule has 156 valence electrons. The number of carbonyl (C=O) groups is 2. The van der Waals surface area contributed by atoms with Crippen molar-refractivity contribution in [2.24, 2.45) is 0 Å². The lowest BCUT2D eigenvalue weighted by Gasteiger charge is -2.27. The Bertz CT molecular complexity index is 1100. The van der Waals surface area contributed by atoms with Gasteiger partial charge in [-0.05, 0) is 41.3 Å². The predicted octanol–water partition coefficient (Wildman–Crippen LogP) is 4.01. The highest BCUT2D eigenvalue weighted by Gasteiger charge is 2.29. The van der Waals surface area contributed by atoms with Gasteiger partial charge in [-0.1, -0.05) is 60.7 Å². The monoisotopic (exact) mass is 413 g/mol. The maximum absolute atomic E-state index is 12.6. The SMILES string of the molecule is O=C1NNC(c2ccc(OC(=O)N3CCC(c4ccccc4)C3)cc2)c2ccccc21. The van der Waals surface area contributed by atoms with Crippen LogP contribution in [0.2, 0.25) is 0 Å². The highest BCUT2D eigenvalue weighted by Crippen LogP contribution is 2.30. The highest BCUT2D eigenvalue weighted by molar-refractivity contribution is 5.96. The maximum Gasteiger partial charge on any atom is 0.415 e. The van der Waals surface area contributed by atoms with Gasteiger partial charge in [0.1, 0.15) is 5.75 Å². The van der Waals surface area contributed by atoms with Crippen LogP contribution in [0, 0.1) is 0 Å². The minimum Gasteiger partial charge on any atom is -0.410 e. The summed E-state index contributed by atoms with van der Waals surface area (Å²) in [6.07, 6.45) is 0.621. The third-order valence-corrected chi connectivity index (χ3v) is 5.98. The maximum atomic E-state index is 12.6. The minimum absolute atomic E-state index is 0.142. The van der Waals surface area contributed by atoms with Gasteiger partial charge in [0.25, 0.3) is 5.91 Å². The van der Waals surface area contributed by atoms with Gasteiger partial charge >= 0.3 is 6.09 Å². The number of rotatable bonds is 3. The molecule has 0 saturated carbocycles. The van der Waals surface area contributed by atoms with E-state index in [9.17, 15) is 9.59 Å². The molecule has 31 heavy (non-hydrogen) atoms. The lowest BCUT2D eigenvalue weighted by atomic mass is 9.93. The van der Waals surface area contributed by atoms with Gasteiger partial charge in [0.05, 0.1) is 6.04 Å². The molecule has 2 aliphatic heterocycles. The Balaban J connectivity index is 1.25. The van der Waals surface area contributed by atoms with Crippen LogP contribution in [0.5, 0.6) is 5.75 Å². The van der Waals surface area contributed by atoms with E-state index in [4.69, 9.17) is 4.74 Å². The smallest absolute Gasteiger partial charge is 0.410 e. The summed E-state index contributed by atoms with van der Waals surface area (Å²) in [7, 11) is 0. The van der Waals surface area contributed by atoms with Crippen molar-refractivity contribution in [1.29, 1.82) is 0 Å². The quantitative estimate of drug-likeness (QED) is 0.681. The first-order chi connectivity index (χ1) is 15.2. The lowest BCUT2D eigenvalue weighted by molar-refractivity contribution is 0.0913. The Labute approximate surface area is 180 Å². The van der Waals surface area contributed by atoms with Crippen LogP contribution in [-0.2, 0) is 0 Å². The van der Waals surface area contributed by atoms with Gasteiger partial charge in [-0.3, -0.25) is 10.2 Å². The zero-order chi connectivity index (χ0) is 21.2. The second-order valence-electron chi connectivity index (χ2n) is 7.90. The summed E-state index contributed by atoms with van der Waals surface area (Å²) in [5.41, 5.74) is 9.56. The van der Waals surface area contributed by atoms with Crippen LogP contribution in [0.4, 0.5) is 4.79 Å². The Kier molecular flexibility index (Phi) is 5.14. The number of nitrogens with one attached hydrogen (secondary N) is 2. The summed E-state index contributed by atoms with van der Waals surface area (Å²) in [6, 6.07) is 25.0. The fraction of sp³-hybridized carbons (Fsp3) is 0.200. The molecular weight excluding hydrogens is 390 g/mol. The zero-order valence-corrected chi connectivity index (χ0v) is 17.0. The van der Waals surface area contributed by atoms with E-state index >= 15 is 0 Å². The van der Waals surface area contributed by atoms with Gasteiger partial charge < -0.3 is 9.64 Å². The summed E-state index contributed by atoms with van der Waals surface area (Å²) in [6.45, 7) is 1.36. The largest absolute Gasteiger partial charge is 0.415 e. The van der Waals surface area contributed by atoms with Crippen molar-refractivity contribution < 1.29 is 14.3 Å². The van der Waals surface area contributed by atoms with Gasteiger partial charge in [-0.2, -0.15) is 0 Å². The molecule has 5 rings (SSSR count). The van der Waals surface area contributed by atoms with E-state index < -0.39 is 0 Å². The minimum atomic E-state index is -0.320. The van der Waals surface area contributed by atoms with Crippen molar-refractivity contribution in [2.75, 3.05) is 13.1 Å². The van der Waals surface area contributed by atoms with Crippen molar-refractivity contribution in [2.45, 2.75) is 18.4 Å². The number of nitrogens with zero attached hydrogens (tertiary/aromatic N) is 1. The summed E-state index contributed by atoms with van der Waals surface area (Å²) in [4.78, 5) is 26.4. The van der Waals surface area contributed by atoms with Crippen molar-refractivity contribution in [3.8, 4) is 5.75 Å². The van der Waals surface area contributed by atoms with Gasteiger partial charge in [0.2, 0.25) is 0 Å². The van der Waals surface area contributed by atoms with Crippen molar-refractivity contribution >= 4 is 12.0 Å². The van der Waals surface area contributed by atoms with E-state index in [1.807, 2.05) is 54.6 Å². The topological polar surface area (TPSA) is 70.7 Å². The normalized spacial score (nSPS) is 20.1. The molecule has 2 unspecified atom stereocenters. The average Bonchev–Trinajstić information content (AvgIpc) is 3.32. The first-order valence-corrected chi connectivity index (χ1v) is 10.5. The molecule has 2 N–H and O–H groups in total. The molecule has 2 amide bonds. The van der Waals surface area contributed by atoms with Crippen LogP contribution in [0.25, 0.3) is 0 Å². The van der Waals surface area contributed by atoms with Crippen LogP contribution in [0.3, 0.4) is 0 Å². The number of hydrogen-bond donors (Lipinski definition) is 2. The Hall–Kier alpha value is -3.64. The Morgan fingerprint density at radius 3 is 2.45 bits per heavy atom. The zero-order valence-electron chi connectivity index (χ0n) is 17.0. The predicted molar refractivity (Wildman–Crippen MR) is 117 cm³/mol. The van der Waals surface area contributed by atoms with Crippen LogP contribution >= 0.6 is 0 Å². The average molecular weight is 413 g/mol. The summed E-state index contributed by atoms with van der Waals surface area (Å²) < 4.78 is 5.61. The molecule has 3 aromatic carbocycles. The number of hydrogen-bond acceptors (Lipinski definition) is 4. The number of likely N-dealkylation sites (tertiary alicyclic amines) is 1. The fourth-order valence-corrected chi connectivity index (χ4v) is 4.32. The summed E-state index contributed by atoms with van der Waals surface area (Å²) >= 11 is 0. The van der Waals surface area contributed by atoms with E-state index in [-0.39, 0.29) is 18.0 Å². The molecule has 2 heterocycles. The van der Waals surface area contributed by atoms with Crippen LogP contribution in [0.1, 0.15) is 45.4 Å². The molecule has 0 bridgehead atoms. The van der Waals surface area contributed by atoms with E-state index in [1.165, 1.54) is 5.56 Å². The second-order valence-corrected chi connectivity index (χ2v) is 7.90. The second kappa shape index (κ2) is 8.24. The molecule has 0 radical (unpaired) electrons. The Morgan fingerprint density at radius 1 is 0.903 bits per heavy atom. The molecule has 1 saturated heterocycles. The Morgan fingerprint density at radius 2 is 1.65 bits per heavy atom.